The minimum atomic E-state index is -1.97. The molecule has 0 unspecified atom stereocenters. The van der Waals surface area contributed by atoms with Gasteiger partial charge in [-0.1, -0.05) is 59.6 Å². The van der Waals surface area contributed by atoms with Crippen molar-refractivity contribution in [2.75, 3.05) is 5.32 Å². The van der Waals surface area contributed by atoms with Crippen molar-refractivity contribution in [1.82, 2.24) is 9.97 Å². The van der Waals surface area contributed by atoms with E-state index < -0.39 is 8.07 Å². The molecular formula is C32H35FIN3OSi. The maximum Gasteiger partial charge on any atom is 0.146 e. The lowest BCUT2D eigenvalue weighted by atomic mass is 10.1. The largest absolute Gasteiger partial charge is 0.488 e. The zero-order chi connectivity index (χ0) is 28.2. The Hall–Kier alpha value is -2.96. The Morgan fingerprint density at radius 3 is 2.36 bits per heavy atom. The molecule has 3 aromatic carbocycles. The first kappa shape index (κ1) is 29.0. The van der Waals surface area contributed by atoms with Crippen LogP contribution in [-0.2, 0) is 6.61 Å². The van der Waals surface area contributed by atoms with E-state index in [1.165, 1.54) is 12.1 Å². The zero-order valence-corrected chi connectivity index (χ0v) is 26.5. The normalized spacial score (nSPS) is 11.7. The first-order valence-electron chi connectivity index (χ1n) is 13.3. The van der Waals surface area contributed by atoms with E-state index in [0.29, 0.717) is 22.4 Å². The van der Waals surface area contributed by atoms with Gasteiger partial charge in [0, 0.05) is 14.6 Å². The van der Waals surface area contributed by atoms with E-state index in [4.69, 9.17) is 4.74 Å². The molecule has 0 aliphatic rings. The highest BCUT2D eigenvalue weighted by atomic mass is 127. The Morgan fingerprint density at radius 2 is 1.67 bits per heavy atom. The number of anilines is 2. The maximum atomic E-state index is 13.8. The number of rotatable bonds is 8. The van der Waals surface area contributed by atoms with Crippen LogP contribution in [-0.4, -0.2) is 18.0 Å². The molecular weight excluding hydrogens is 616 g/mol. The smallest absolute Gasteiger partial charge is 0.146 e. The van der Waals surface area contributed by atoms with E-state index in [2.05, 4.69) is 96.9 Å². The third-order valence-electron chi connectivity index (χ3n) is 7.40. The highest BCUT2D eigenvalue weighted by Crippen LogP contribution is 2.41. The summed E-state index contributed by atoms with van der Waals surface area (Å²) in [6.07, 6.45) is 1.57. The van der Waals surface area contributed by atoms with Crippen LogP contribution in [0.5, 0.6) is 5.75 Å². The fourth-order valence-electron chi connectivity index (χ4n) is 5.49. The number of aromatic nitrogens is 2. The minimum absolute atomic E-state index is 0.259. The number of nitrogens with one attached hydrogen (secondary N) is 1. The summed E-state index contributed by atoms with van der Waals surface area (Å²) in [6, 6.07) is 18.5. The molecule has 0 amide bonds. The van der Waals surface area contributed by atoms with Crippen LogP contribution >= 0.6 is 22.6 Å². The highest BCUT2D eigenvalue weighted by Gasteiger charge is 2.41. The van der Waals surface area contributed by atoms with Gasteiger partial charge >= 0.3 is 0 Å². The van der Waals surface area contributed by atoms with E-state index >= 15 is 0 Å². The summed E-state index contributed by atoms with van der Waals surface area (Å²) in [7, 11) is -1.97. The minimum Gasteiger partial charge on any atom is -0.488 e. The number of nitrogens with zero attached hydrogens (tertiary/aromatic N) is 2. The summed E-state index contributed by atoms with van der Waals surface area (Å²) in [5.41, 5.74) is 8.68. The lowest BCUT2D eigenvalue weighted by molar-refractivity contribution is 0.305. The molecule has 39 heavy (non-hydrogen) atoms. The van der Waals surface area contributed by atoms with Crippen LogP contribution in [0.25, 0.3) is 10.9 Å². The Balaban J connectivity index is 1.76. The Labute approximate surface area is 246 Å². The molecule has 1 aromatic heterocycles. The molecule has 0 atom stereocenters. The zero-order valence-electron chi connectivity index (χ0n) is 23.3. The van der Waals surface area contributed by atoms with Gasteiger partial charge < -0.3 is 10.1 Å². The lowest BCUT2D eigenvalue weighted by Crippen LogP contribution is -2.43. The quantitative estimate of drug-likeness (QED) is 0.117. The second-order valence-electron chi connectivity index (χ2n) is 10.8. The van der Waals surface area contributed by atoms with Gasteiger partial charge in [-0.15, -0.1) is 5.54 Å². The number of ether oxygens (including phenoxy) is 1. The Morgan fingerprint density at radius 1 is 0.923 bits per heavy atom. The van der Waals surface area contributed by atoms with Crippen LogP contribution in [0.1, 0.15) is 52.7 Å². The molecule has 0 bridgehead atoms. The van der Waals surface area contributed by atoms with E-state index in [0.717, 1.165) is 37.1 Å². The molecule has 202 valence electrons. The van der Waals surface area contributed by atoms with Gasteiger partial charge in [0.15, 0.2) is 0 Å². The predicted molar refractivity (Wildman–Crippen MR) is 171 cm³/mol. The van der Waals surface area contributed by atoms with Crippen molar-refractivity contribution in [1.29, 1.82) is 0 Å². The fraction of sp³-hybridized carbons (Fsp3) is 0.312. The molecule has 0 aliphatic heterocycles. The number of benzene rings is 3. The molecule has 7 heteroatoms. The van der Waals surface area contributed by atoms with Gasteiger partial charge in [0.25, 0.3) is 0 Å². The number of hydrogen-bond donors (Lipinski definition) is 1. The third kappa shape index (κ3) is 6.61. The third-order valence-corrected chi connectivity index (χ3v) is 14.4. The summed E-state index contributed by atoms with van der Waals surface area (Å²) in [5.74, 6) is 4.70. The fourth-order valence-corrected chi connectivity index (χ4v) is 11.2. The summed E-state index contributed by atoms with van der Waals surface area (Å²) in [6.45, 7) is 14.1. The van der Waals surface area contributed by atoms with Gasteiger partial charge in [-0.05, 0) is 93.3 Å². The number of fused-ring (bicyclic) bond motifs is 1. The summed E-state index contributed by atoms with van der Waals surface area (Å²) >= 11 is 2.30. The molecule has 4 rings (SSSR count). The predicted octanol–water partition coefficient (Wildman–Crippen LogP) is 9.27. The first-order valence-corrected chi connectivity index (χ1v) is 16.6. The summed E-state index contributed by atoms with van der Waals surface area (Å²) in [4.78, 5) is 8.92. The first-order chi connectivity index (χ1) is 18.6. The monoisotopic (exact) mass is 651 g/mol. The average molecular weight is 652 g/mol. The highest BCUT2D eigenvalue weighted by molar-refractivity contribution is 14.1. The van der Waals surface area contributed by atoms with Crippen molar-refractivity contribution in [2.45, 2.75) is 64.8 Å². The van der Waals surface area contributed by atoms with Gasteiger partial charge in [0.05, 0.1) is 11.1 Å². The van der Waals surface area contributed by atoms with Crippen molar-refractivity contribution in [3.63, 3.8) is 0 Å². The topological polar surface area (TPSA) is 47.0 Å². The van der Waals surface area contributed by atoms with Crippen molar-refractivity contribution < 1.29 is 9.13 Å². The van der Waals surface area contributed by atoms with E-state index in [1.54, 1.807) is 12.4 Å². The molecule has 0 spiro atoms. The summed E-state index contributed by atoms with van der Waals surface area (Å²) in [5, 5.41) is 4.43. The van der Waals surface area contributed by atoms with E-state index in [9.17, 15) is 4.39 Å². The van der Waals surface area contributed by atoms with Gasteiger partial charge in [0.2, 0.25) is 0 Å². The van der Waals surface area contributed by atoms with Crippen LogP contribution in [0.4, 0.5) is 15.9 Å². The molecule has 4 aromatic rings. The van der Waals surface area contributed by atoms with Gasteiger partial charge in [0.1, 0.15) is 38.4 Å². The second-order valence-corrected chi connectivity index (χ2v) is 17.6. The summed E-state index contributed by atoms with van der Waals surface area (Å²) < 4.78 is 21.1. The lowest BCUT2D eigenvalue weighted by Gasteiger charge is -2.38. The van der Waals surface area contributed by atoms with Crippen LogP contribution in [0.15, 0.2) is 67.0 Å². The van der Waals surface area contributed by atoms with Crippen molar-refractivity contribution in [2.24, 2.45) is 0 Å². The Bertz CT molecular complexity index is 1510. The van der Waals surface area contributed by atoms with Crippen LogP contribution < -0.4 is 10.1 Å². The van der Waals surface area contributed by atoms with Gasteiger partial charge in [-0.2, -0.15) is 0 Å². The SMILES string of the molecule is CC(C)[Si](C#Cc1cc(Nc2ncnc3ccc(I)cc23)ccc1OCc1cccc(F)c1)(C(C)C)C(C)C. The number of halogens is 2. The molecule has 0 aliphatic carbocycles. The average Bonchev–Trinajstić information content (AvgIpc) is 2.88. The van der Waals surface area contributed by atoms with Crippen molar-refractivity contribution >= 4 is 53.1 Å². The van der Waals surface area contributed by atoms with Crippen LogP contribution in [0, 0.1) is 20.9 Å². The van der Waals surface area contributed by atoms with Crippen LogP contribution in [0.3, 0.4) is 0 Å². The number of hydrogen-bond acceptors (Lipinski definition) is 4. The van der Waals surface area contributed by atoms with E-state index in [1.807, 2.05) is 36.4 Å². The Kier molecular flexibility index (Phi) is 9.29. The van der Waals surface area contributed by atoms with Crippen molar-refractivity contribution in [3.05, 3.63) is 87.5 Å². The standard InChI is InChI=1S/C32H35FIN3OSi/c1-21(2)39(22(3)4,23(5)6)15-14-25-17-28(11-13-31(25)38-19-24-8-7-9-26(33)16-24)37-32-29-18-27(34)10-12-30(29)35-20-36-32/h7-13,16-18,20-23H,19H2,1-6H3,(H,35,36,37). The van der Waals surface area contributed by atoms with Crippen LogP contribution in [0.2, 0.25) is 16.6 Å². The molecule has 4 nitrogen and oxygen atoms in total. The maximum absolute atomic E-state index is 13.8. The molecule has 1 N–H and O–H groups in total. The molecule has 0 radical (unpaired) electrons. The van der Waals surface area contributed by atoms with Gasteiger partial charge in [-0.25, -0.2) is 14.4 Å². The molecule has 1 heterocycles. The molecule has 0 saturated carbocycles. The second kappa shape index (κ2) is 12.5. The molecule has 0 fully saturated rings. The molecule has 0 saturated heterocycles. The van der Waals surface area contributed by atoms with E-state index in [-0.39, 0.29) is 12.4 Å². The van der Waals surface area contributed by atoms with Gasteiger partial charge in [-0.3, -0.25) is 0 Å². The van der Waals surface area contributed by atoms with Crippen molar-refractivity contribution in [3.8, 4) is 17.2 Å².